The Morgan fingerprint density at radius 1 is 1.16 bits per heavy atom. The minimum atomic E-state index is -3.40. The van der Waals surface area contributed by atoms with E-state index in [1.807, 2.05) is 11.4 Å². The largest absolute Gasteiger partial charge is 0.369 e. The first kappa shape index (κ1) is 17.0. The summed E-state index contributed by atoms with van der Waals surface area (Å²) in [5, 5.41) is 2.05. The van der Waals surface area contributed by atoms with Crippen LogP contribution in [0.5, 0.6) is 0 Å². The van der Waals surface area contributed by atoms with Crippen molar-refractivity contribution in [3.05, 3.63) is 40.7 Å². The molecule has 2 saturated heterocycles. The summed E-state index contributed by atoms with van der Waals surface area (Å²) in [7, 11) is -3.40. The summed E-state index contributed by atoms with van der Waals surface area (Å²) in [6.07, 6.45) is 3.40. The molecule has 0 amide bonds. The zero-order valence-electron chi connectivity index (χ0n) is 13.9. The van der Waals surface area contributed by atoms with Crippen molar-refractivity contribution >= 4 is 27.2 Å². The molecule has 0 aliphatic carbocycles. The van der Waals surface area contributed by atoms with E-state index in [1.165, 1.54) is 11.1 Å². The molecule has 1 atom stereocenters. The van der Waals surface area contributed by atoms with Crippen molar-refractivity contribution in [1.82, 2.24) is 9.29 Å². The number of rotatable bonds is 4. The van der Waals surface area contributed by atoms with Gasteiger partial charge in [0.2, 0.25) is 10.0 Å². The van der Waals surface area contributed by atoms with Crippen LogP contribution in [0.3, 0.4) is 0 Å². The van der Waals surface area contributed by atoms with E-state index in [-0.39, 0.29) is 11.0 Å². The van der Waals surface area contributed by atoms with E-state index in [0.717, 1.165) is 31.7 Å². The average molecular weight is 380 g/mol. The predicted molar refractivity (Wildman–Crippen MR) is 97.5 cm³/mol. The van der Waals surface area contributed by atoms with Gasteiger partial charge in [-0.2, -0.15) is 4.31 Å². The lowest BCUT2D eigenvalue weighted by Crippen LogP contribution is -2.38. The van der Waals surface area contributed by atoms with Crippen molar-refractivity contribution in [3.8, 4) is 0 Å². The highest BCUT2D eigenvalue weighted by molar-refractivity contribution is 7.89. The van der Waals surface area contributed by atoms with Crippen LogP contribution in [0.25, 0.3) is 0 Å². The van der Waals surface area contributed by atoms with Crippen LogP contribution in [0, 0.1) is 0 Å². The molecule has 2 aliphatic rings. The maximum absolute atomic E-state index is 12.6. The Morgan fingerprint density at radius 2 is 2.00 bits per heavy atom. The Kier molecular flexibility index (Phi) is 4.77. The average Bonchev–Trinajstić information content (AvgIpc) is 3.36. The fourth-order valence-electron chi connectivity index (χ4n) is 3.29. The van der Waals surface area contributed by atoms with Crippen molar-refractivity contribution in [1.29, 1.82) is 0 Å². The van der Waals surface area contributed by atoms with E-state index >= 15 is 0 Å². The van der Waals surface area contributed by atoms with E-state index in [4.69, 9.17) is 4.74 Å². The van der Waals surface area contributed by atoms with E-state index in [9.17, 15) is 8.42 Å². The van der Waals surface area contributed by atoms with Crippen LogP contribution < -0.4 is 4.90 Å². The molecule has 0 N–H and O–H groups in total. The number of aromatic nitrogens is 1. The van der Waals surface area contributed by atoms with Gasteiger partial charge in [-0.15, -0.1) is 11.3 Å². The fourth-order valence-corrected chi connectivity index (χ4v) is 5.52. The Morgan fingerprint density at radius 3 is 2.68 bits per heavy atom. The van der Waals surface area contributed by atoms with Crippen LogP contribution in [0.1, 0.15) is 23.8 Å². The number of sulfonamides is 1. The fraction of sp³-hybridized carbons (Fsp3) is 0.471. The summed E-state index contributed by atoms with van der Waals surface area (Å²) in [4.78, 5) is 8.06. The number of pyridine rings is 1. The van der Waals surface area contributed by atoms with Gasteiger partial charge < -0.3 is 9.64 Å². The van der Waals surface area contributed by atoms with Crippen molar-refractivity contribution < 1.29 is 13.2 Å². The first-order valence-electron chi connectivity index (χ1n) is 8.51. The summed E-state index contributed by atoms with van der Waals surface area (Å²) in [5.41, 5.74) is 0. The van der Waals surface area contributed by atoms with Crippen LogP contribution in [0.15, 0.2) is 40.7 Å². The van der Waals surface area contributed by atoms with Gasteiger partial charge in [0.15, 0.2) is 0 Å². The summed E-state index contributed by atoms with van der Waals surface area (Å²) in [6.45, 7) is 3.34. The van der Waals surface area contributed by atoms with E-state index < -0.39 is 10.0 Å². The zero-order valence-corrected chi connectivity index (χ0v) is 15.5. The number of thiophene rings is 1. The normalized spacial score (nSPS) is 22.4. The summed E-state index contributed by atoms with van der Waals surface area (Å²) >= 11 is 1.69. The van der Waals surface area contributed by atoms with Gasteiger partial charge in [0.25, 0.3) is 0 Å². The van der Waals surface area contributed by atoms with Gasteiger partial charge >= 0.3 is 0 Å². The first-order chi connectivity index (χ1) is 12.1. The molecule has 0 bridgehead atoms. The molecule has 0 radical (unpaired) electrons. The summed E-state index contributed by atoms with van der Waals surface area (Å²) < 4.78 is 32.6. The van der Waals surface area contributed by atoms with Crippen molar-refractivity contribution in [2.24, 2.45) is 0 Å². The molecule has 0 aromatic carbocycles. The number of hydrogen-bond acceptors (Lipinski definition) is 6. The molecular formula is C17H21N3O3S2. The van der Waals surface area contributed by atoms with Crippen molar-refractivity contribution in [2.75, 3.05) is 37.7 Å². The SMILES string of the molecule is O=S(=O)(c1ccc(N2CCOC(c3cccs3)C2)nc1)N1CCCC1. The lowest BCUT2D eigenvalue weighted by atomic mass is 10.2. The number of anilines is 1. The topological polar surface area (TPSA) is 62.7 Å². The molecule has 2 aromatic heterocycles. The van der Waals surface area contributed by atoms with Crippen molar-refractivity contribution in [3.63, 3.8) is 0 Å². The minimum absolute atomic E-state index is 0.0450. The third-order valence-corrected chi connectivity index (χ3v) is 7.52. The molecule has 2 fully saturated rings. The lowest BCUT2D eigenvalue weighted by Gasteiger charge is -2.33. The Labute approximate surface area is 152 Å². The third-order valence-electron chi connectivity index (χ3n) is 4.67. The maximum atomic E-state index is 12.6. The molecule has 2 aromatic rings. The first-order valence-corrected chi connectivity index (χ1v) is 10.8. The van der Waals surface area contributed by atoms with Gasteiger partial charge in [-0.25, -0.2) is 13.4 Å². The van der Waals surface area contributed by atoms with Crippen LogP contribution in [0.4, 0.5) is 5.82 Å². The standard InChI is InChI=1S/C17H21N3O3S2/c21-25(22,20-7-1-2-8-20)14-5-6-17(18-12-14)19-9-10-23-15(13-19)16-4-3-11-24-16/h3-6,11-12,15H,1-2,7-10,13H2. The third kappa shape index (κ3) is 3.44. The highest BCUT2D eigenvalue weighted by atomic mass is 32.2. The molecule has 2 aliphatic heterocycles. The van der Waals surface area contributed by atoms with Crippen LogP contribution in [0.2, 0.25) is 0 Å². The van der Waals surface area contributed by atoms with Crippen molar-refractivity contribution in [2.45, 2.75) is 23.8 Å². The molecule has 0 spiro atoms. The highest BCUT2D eigenvalue weighted by Crippen LogP contribution is 2.28. The Balaban J connectivity index is 1.50. The zero-order chi connectivity index (χ0) is 17.3. The molecule has 4 heterocycles. The molecule has 134 valence electrons. The van der Waals surface area contributed by atoms with Gasteiger partial charge in [0.1, 0.15) is 16.8 Å². The van der Waals surface area contributed by atoms with Gasteiger partial charge in [-0.05, 0) is 36.4 Å². The molecule has 8 heteroatoms. The summed E-state index contributed by atoms with van der Waals surface area (Å²) in [6, 6.07) is 7.59. The Bertz CT molecular complexity index is 800. The monoisotopic (exact) mass is 379 g/mol. The smallest absolute Gasteiger partial charge is 0.244 e. The number of morpholine rings is 1. The van der Waals surface area contributed by atoms with Crippen LogP contribution >= 0.6 is 11.3 Å². The van der Waals surface area contributed by atoms with Crippen LogP contribution in [-0.2, 0) is 14.8 Å². The Hall–Kier alpha value is -1.48. The number of nitrogens with zero attached hydrogens (tertiary/aromatic N) is 3. The number of hydrogen-bond donors (Lipinski definition) is 0. The van der Waals surface area contributed by atoms with E-state index in [2.05, 4.69) is 16.0 Å². The molecule has 4 rings (SSSR count). The second kappa shape index (κ2) is 7.03. The van der Waals surface area contributed by atoms with E-state index in [0.29, 0.717) is 19.7 Å². The highest BCUT2D eigenvalue weighted by Gasteiger charge is 2.28. The van der Waals surface area contributed by atoms with E-state index in [1.54, 1.807) is 27.8 Å². The molecular weight excluding hydrogens is 358 g/mol. The predicted octanol–water partition coefficient (Wildman–Crippen LogP) is 2.51. The molecule has 6 nitrogen and oxygen atoms in total. The maximum Gasteiger partial charge on any atom is 0.244 e. The molecule has 0 saturated carbocycles. The molecule has 25 heavy (non-hydrogen) atoms. The minimum Gasteiger partial charge on any atom is -0.369 e. The summed E-state index contributed by atoms with van der Waals surface area (Å²) in [5.74, 6) is 0.797. The second-order valence-electron chi connectivity index (χ2n) is 6.28. The number of ether oxygens (including phenoxy) is 1. The quantitative estimate of drug-likeness (QED) is 0.817. The van der Waals surface area contributed by atoms with Gasteiger partial charge in [0, 0.05) is 30.7 Å². The van der Waals surface area contributed by atoms with Crippen LogP contribution in [-0.4, -0.2) is 50.5 Å². The van der Waals surface area contributed by atoms with Gasteiger partial charge in [-0.3, -0.25) is 0 Å². The molecule has 1 unspecified atom stereocenters. The van der Waals surface area contributed by atoms with Gasteiger partial charge in [-0.1, -0.05) is 6.07 Å². The van der Waals surface area contributed by atoms with Gasteiger partial charge in [0.05, 0.1) is 13.2 Å². The lowest BCUT2D eigenvalue weighted by molar-refractivity contribution is 0.0418. The second-order valence-corrected chi connectivity index (χ2v) is 9.20.